The van der Waals surface area contributed by atoms with Crippen molar-refractivity contribution in [1.29, 1.82) is 0 Å². The van der Waals surface area contributed by atoms with Crippen molar-refractivity contribution in [3.8, 4) is 5.82 Å². The number of nitrogens with one attached hydrogen (secondary N) is 1. The summed E-state index contributed by atoms with van der Waals surface area (Å²) in [5.41, 5.74) is 3.91. The van der Waals surface area contributed by atoms with E-state index < -0.39 is 0 Å². The van der Waals surface area contributed by atoms with E-state index in [0.29, 0.717) is 24.4 Å². The molecular weight excluding hydrogens is 424 g/mol. The Hall–Kier alpha value is -2.93. The van der Waals surface area contributed by atoms with Crippen molar-refractivity contribution in [1.82, 2.24) is 25.1 Å². The largest absolute Gasteiger partial charge is 0.356 e. The number of carbonyl (C=O) groups excluding carboxylic acids is 1. The summed E-state index contributed by atoms with van der Waals surface area (Å²) in [6.45, 7) is 6.49. The molecule has 1 fully saturated rings. The molecule has 2 aromatic heterocycles. The number of anilines is 1. The number of nitrogens with zero attached hydrogens (tertiary/aromatic N) is 5. The Morgan fingerprint density at radius 3 is 2.62 bits per heavy atom. The molecule has 32 heavy (non-hydrogen) atoms. The van der Waals surface area contributed by atoms with Crippen LogP contribution in [0, 0.1) is 13.8 Å². The van der Waals surface area contributed by atoms with Gasteiger partial charge in [-0.2, -0.15) is 5.10 Å². The highest BCUT2D eigenvalue weighted by atomic mass is 35.5. The zero-order valence-electron chi connectivity index (χ0n) is 18.6. The molecule has 0 unspecified atom stereocenters. The molecule has 168 valence electrons. The van der Waals surface area contributed by atoms with E-state index in [9.17, 15) is 4.79 Å². The molecule has 0 bridgehead atoms. The van der Waals surface area contributed by atoms with Crippen LogP contribution in [0.4, 0.5) is 5.82 Å². The predicted molar refractivity (Wildman–Crippen MR) is 126 cm³/mol. The molecule has 0 atom stereocenters. The second-order valence-corrected chi connectivity index (χ2v) is 8.62. The minimum Gasteiger partial charge on any atom is -0.356 e. The Balaban J connectivity index is 1.42. The molecule has 7 nitrogen and oxygen atoms in total. The summed E-state index contributed by atoms with van der Waals surface area (Å²) in [7, 11) is 0. The molecule has 1 amide bonds. The molecule has 1 aliphatic heterocycles. The topological polar surface area (TPSA) is 75.9 Å². The Morgan fingerprint density at radius 2 is 1.84 bits per heavy atom. The first-order chi connectivity index (χ1) is 15.5. The first kappa shape index (κ1) is 22.3. The van der Waals surface area contributed by atoms with Crippen molar-refractivity contribution in [2.45, 2.75) is 52.5 Å². The van der Waals surface area contributed by atoms with Gasteiger partial charge in [0, 0.05) is 42.8 Å². The van der Waals surface area contributed by atoms with E-state index in [4.69, 9.17) is 16.7 Å². The van der Waals surface area contributed by atoms with Gasteiger partial charge in [0.15, 0.2) is 5.82 Å². The third-order valence-electron chi connectivity index (χ3n) is 6.01. The van der Waals surface area contributed by atoms with Crippen molar-refractivity contribution >= 4 is 23.3 Å². The van der Waals surface area contributed by atoms with Crippen LogP contribution in [0.1, 0.15) is 48.2 Å². The number of aromatic nitrogens is 4. The quantitative estimate of drug-likeness (QED) is 0.582. The fourth-order valence-corrected chi connectivity index (χ4v) is 4.37. The van der Waals surface area contributed by atoms with Gasteiger partial charge < -0.3 is 10.2 Å². The second kappa shape index (κ2) is 10.1. The fraction of sp³-hybridized carbons (Fsp3) is 0.417. The first-order valence-corrected chi connectivity index (χ1v) is 11.5. The monoisotopic (exact) mass is 452 g/mol. The maximum atomic E-state index is 12.4. The molecule has 3 heterocycles. The minimum absolute atomic E-state index is 0.00843. The van der Waals surface area contributed by atoms with E-state index in [1.54, 1.807) is 6.33 Å². The van der Waals surface area contributed by atoms with Crippen LogP contribution in [0.3, 0.4) is 0 Å². The smallest absolute Gasteiger partial charge is 0.220 e. The molecule has 0 aliphatic carbocycles. The summed E-state index contributed by atoms with van der Waals surface area (Å²) in [5, 5.41) is 8.32. The number of amides is 1. The van der Waals surface area contributed by atoms with Gasteiger partial charge in [-0.15, -0.1) is 0 Å². The van der Waals surface area contributed by atoms with Crippen LogP contribution in [-0.2, 0) is 17.8 Å². The molecule has 3 aromatic rings. The maximum absolute atomic E-state index is 12.4. The van der Waals surface area contributed by atoms with Crippen molar-refractivity contribution in [3.63, 3.8) is 0 Å². The van der Waals surface area contributed by atoms with Crippen LogP contribution >= 0.6 is 11.6 Å². The Morgan fingerprint density at radius 1 is 1.09 bits per heavy atom. The molecule has 1 saturated heterocycles. The van der Waals surface area contributed by atoms with Gasteiger partial charge in [0.05, 0.1) is 5.69 Å². The number of aryl methyl sites for hydroxylation is 1. The van der Waals surface area contributed by atoms with Crippen LogP contribution in [0.2, 0.25) is 5.02 Å². The van der Waals surface area contributed by atoms with Crippen molar-refractivity contribution < 1.29 is 4.79 Å². The number of piperidine rings is 1. The molecule has 1 aliphatic rings. The molecule has 4 rings (SSSR count). The standard InChI is InChI=1S/C24H29ClN6O/c1-17-20(10-11-24(32)26-15-19-8-4-5-9-21(19)25)18(2)31(29-17)23-14-22(27-16-28-23)30-12-6-3-7-13-30/h4-5,8-9,14,16H,3,6-7,10-13,15H2,1-2H3,(H,26,32). The lowest BCUT2D eigenvalue weighted by atomic mass is 10.1. The number of hydrogen-bond acceptors (Lipinski definition) is 5. The van der Waals surface area contributed by atoms with Crippen LogP contribution in [0.5, 0.6) is 0 Å². The summed E-state index contributed by atoms with van der Waals surface area (Å²) in [4.78, 5) is 23.6. The normalized spacial score (nSPS) is 13.9. The van der Waals surface area contributed by atoms with Crippen LogP contribution < -0.4 is 10.2 Å². The third-order valence-corrected chi connectivity index (χ3v) is 6.38. The van der Waals surface area contributed by atoms with E-state index in [1.807, 2.05) is 48.9 Å². The summed E-state index contributed by atoms with van der Waals surface area (Å²) in [6, 6.07) is 9.54. The zero-order valence-corrected chi connectivity index (χ0v) is 19.4. The molecule has 8 heteroatoms. The summed E-state index contributed by atoms with van der Waals surface area (Å²) in [6.07, 6.45) is 6.29. The van der Waals surface area contributed by atoms with Crippen molar-refractivity contribution in [2.24, 2.45) is 0 Å². The lowest BCUT2D eigenvalue weighted by molar-refractivity contribution is -0.121. The first-order valence-electron chi connectivity index (χ1n) is 11.2. The Labute approximate surface area is 193 Å². The van der Waals surface area contributed by atoms with Crippen LogP contribution in [0.25, 0.3) is 5.82 Å². The number of halogens is 1. The number of hydrogen-bond donors (Lipinski definition) is 1. The van der Waals surface area contributed by atoms with Crippen molar-refractivity contribution in [3.05, 3.63) is 64.2 Å². The van der Waals surface area contributed by atoms with E-state index in [1.165, 1.54) is 19.3 Å². The highest BCUT2D eigenvalue weighted by Gasteiger charge is 2.17. The Kier molecular flexibility index (Phi) is 7.05. The van der Waals surface area contributed by atoms with Gasteiger partial charge in [-0.25, -0.2) is 14.6 Å². The van der Waals surface area contributed by atoms with Gasteiger partial charge in [0.1, 0.15) is 12.1 Å². The van der Waals surface area contributed by atoms with Crippen LogP contribution in [0.15, 0.2) is 36.7 Å². The molecule has 1 N–H and O–H groups in total. The molecule has 0 saturated carbocycles. The van der Waals surface area contributed by atoms with Gasteiger partial charge >= 0.3 is 0 Å². The number of carbonyl (C=O) groups is 1. The summed E-state index contributed by atoms with van der Waals surface area (Å²) in [5.74, 6) is 1.70. The van der Waals surface area contributed by atoms with E-state index in [0.717, 1.165) is 47.2 Å². The average Bonchev–Trinajstić information content (AvgIpc) is 3.11. The van der Waals surface area contributed by atoms with E-state index in [-0.39, 0.29) is 5.91 Å². The van der Waals surface area contributed by atoms with Gasteiger partial charge in [0.25, 0.3) is 0 Å². The van der Waals surface area contributed by atoms with Gasteiger partial charge in [-0.1, -0.05) is 29.8 Å². The van der Waals surface area contributed by atoms with Crippen molar-refractivity contribution in [2.75, 3.05) is 18.0 Å². The number of benzene rings is 1. The highest BCUT2D eigenvalue weighted by molar-refractivity contribution is 6.31. The maximum Gasteiger partial charge on any atom is 0.220 e. The Bertz CT molecular complexity index is 1090. The molecule has 0 radical (unpaired) electrons. The second-order valence-electron chi connectivity index (χ2n) is 8.21. The molecule has 0 spiro atoms. The lowest BCUT2D eigenvalue weighted by Gasteiger charge is -2.27. The predicted octanol–water partition coefficient (Wildman–Crippen LogP) is 4.17. The van der Waals surface area contributed by atoms with Gasteiger partial charge in [-0.05, 0) is 56.7 Å². The summed E-state index contributed by atoms with van der Waals surface area (Å²) >= 11 is 6.17. The summed E-state index contributed by atoms with van der Waals surface area (Å²) < 4.78 is 1.86. The van der Waals surface area contributed by atoms with E-state index >= 15 is 0 Å². The molecular formula is C24H29ClN6O. The highest BCUT2D eigenvalue weighted by Crippen LogP contribution is 2.22. The minimum atomic E-state index is -0.00843. The van der Waals surface area contributed by atoms with Gasteiger partial charge in [0.2, 0.25) is 5.91 Å². The zero-order chi connectivity index (χ0) is 22.5. The van der Waals surface area contributed by atoms with E-state index in [2.05, 4.69) is 20.2 Å². The number of rotatable bonds is 7. The lowest BCUT2D eigenvalue weighted by Crippen LogP contribution is -2.30. The average molecular weight is 453 g/mol. The van der Waals surface area contributed by atoms with Crippen LogP contribution in [-0.4, -0.2) is 38.7 Å². The SMILES string of the molecule is Cc1nn(-c2cc(N3CCCCC3)ncn2)c(C)c1CCC(=O)NCc1ccccc1Cl. The fourth-order valence-electron chi connectivity index (χ4n) is 4.17. The third kappa shape index (κ3) is 5.10. The van der Waals surface area contributed by atoms with Gasteiger partial charge in [-0.3, -0.25) is 4.79 Å². The molecule has 1 aromatic carbocycles.